The summed E-state index contributed by atoms with van der Waals surface area (Å²) in [5.41, 5.74) is 0.507. The van der Waals surface area contributed by atoms with E-state index in [-0.39, 0.29) is 23.7 Å². The summed E-state index contributed by atoms with van der Waals surface area (Å²) in [5.74, 6) is 0.470. The van der Waals surface area contributed by atoms with Crippen LogP contribution < -0.4 is 15.4 Å². The van der Waals surface area contributed by atoms with Crippen LogP contribution in [-0.2, 0) is 0 Å². The fourth-order valence-corrected chi connectivity index (χ4v) is 2.18. The summed E-state index contributed by atoms with van der Waals surface area (Å²) in [6, 6.07) is 6.81. The van der Waals surface area contributed by atoms with Gasteiger partial charge in [0, 0.05) is 5.56 Å². The van der Waals surface area contributed by atoms with Gasteiger partial charge in [0.1, 0.15) is 5.75 Å². The van der Waals surface area contributed by atoms with Gasteiger partial charge in [0.05, 0.1) is 19.3 Å². The van der Waals surface area contributed by atoms with Gasteiger partial charge in [-0.05, 0) is 49.3 Å². The number of amides is 1. The zero-order valence-electron chi connectivity index (χ0n) is 13.8. The van der Waals surface area contributed by atoms with Gasteiger partial charge in [0.15, 0.2) is 5.11 Å². The van der Waals surface area contributed by atoms with Crippen molar-refractivity contribution in [3.63, 3.8) is 0 Å². The van der Waals surface area contributed by atoms with Gasteiger partial charge in [0.2, 0.25) is 0 Å². The molecule has 0 aliphatic heterocycles. The first-order chi connectivity index (χ1) is 11.1. The third-order valence-electron chi connectivity index (χ3n) is 3.41. The minimum absolute atomic E-state index is 0.0312. The van der Waals surface area contributed by atoms with Crippen LogP contribution in [0.4, 0.5) is 0 Å². The molecule has 0 saturated carbocycles. The van der Waals surface area contributed by atoms with E-state index >= 15 is 0 Å². The molecule has 0 spiro atoms. The molecular formula is C17H26N2O3S. The van der Waals surface area contributed by atoms with Crippen LogP contribution >= 0.6 is 12.2 Å². The molecule has 0 aromatic heterocycles. The van der Waals surface area contributed by atoms with Crippen molar-refractivity contribution in [2.24, 2.45) is 0 Å². The van der Waals surface area contributed by atoms with Crippen LogP contribution in [0.3, 0.4) is 0 Å². The predicted molar refractivity (Wildman–Crippen MR) is 95.8 cm³/mol. The molecule has 0 bridgehead atoms. The molecular weight excluding hydrogens is 312 g/mol. The minimum Gasteiger partial charge on any atom is -0.494 e. The van der Waals surface area contributed by atoms with Crippen molar-refractivity contribution in [3.8, 4) is 5.75 Å². The number of hydrogen-bond acceptors (Lipinski definition) is 4. The number of benzene rings is 1. The largest absolute Gasteiger partial charge is 0.494 e. The number of aliphatic hydroxyl groups excluding tert-OH is 1. The molecule has 0 aliphatic rings. The summed E-state index contributed by atoms with van der Waals surface area (Å²) in [5, 5.41) is 14.8. The Kier molecular flexibility index (Phi) is 9.24. The number of hydrogen-bond donors (Lipinski definition) is 3. The minimum atomic E-state index is -0.284. The van der Waals surface area contributed by atoms with Crippen molar-refractivity contribution in [1.29, 1.82) is 0 Å². The maximum Gasteiger partial charge on any atom is 0.257 e. The first-order valence-electron chi connectivity index (χ1n) is 8.06. The Morgan fingerprint density at radius 2 is 1.96 bits per heavy atom. The van der Waals surface area contributed by atoms with E-state index in [1.54, 1.807) is 24.3 Å². The normalized spacial score (nSPS) is 11.6. The van der Waals surface area contributed by atoms with Gasteiger partial charge in [-0.25, -0.2) is 0 Å². The summed E-state index contributed by atoms with van der Waals surface area (Å²) in [4.78, 5) is 12.1. The lowest BCUT2D eigenvalue weighted by Gasteiger charge is -2.16. The van der Waals surface area contributed by atoms with Crippen molar-refractivity contribution in [3.05, 3.63) is 29.8 Å². The molecule has 5 nitrogen and oxygen atoms in total. The summed E-state index contributed by atoms with van der Waals surface area (Å²) >= 11 is 5.07. The maximum atomic E-state index is 12.1. The summed E-state index contributed by atoms with van der Waals surface area (Å²) in [7, 11) is 0. The Balaban J connectivity index is 2.45. The first kappa shape index (κ1) is 19.4. The van der Waals surface area contributed by atoms with E-state index in [0.717, 1.165) is 31.4 Å². The van der Waals surface area contributed by atoms with E-state index in [1.165, 1.54) is 0 Å². The monoisotopic (exact) mass is 338 g/mol. The Labute approximate surface area is 143 Å². The molecule has 0 fully saturated rings. The third-order valence-corrected chi connectivity index (χ3v) is 3.63. The predicted octanol–water partition coefficient (Wildman–Crippen LogP) is 2.63. The van der Waals surface area contributed by atoms with E-state index in [1.807, 2.05) is 6.92 Å². The van der Waals surface area contributed by atoms with Crippen molar-refractivity contribution in [2.75, 3.05) is 13.2 Å². The second-order valence-electron chi connectivity index (χ2n) is 5.30. The van der Waals surface area contributed by atoms with Crippen molar-refractivity contribution >= 4 is 23.2 Å². The zero-order chi connectivity index (χ0) is 17.1. The van der Waals surface area contributed by atoms with Gasteiger partial charge in [-0.3, -0.25) is 10.1 Å². The highest BCUT2D eigenvalue weighted by atomic mass is 32.1. The van der Waals surface area contributed by atoms with Crippen molar-refractivity contribution < 1.29 is 14.6 Å². The van der Waals surface area contributed by atoms with Gasteiger partial charge >= 0.3 is 0 Å². The number of rotatable bonds is 9. The number of ether oxygens (including phenoxy) is 1. The van der Waals surface area contributed by atoms with Gasteiger partial charge in [-0.1, -0.05) is 26.7 Å². The molecule has 1 unspecified atom stereocenters. The van der Waals surface area contributed by atoms with E-state index < -0.39 is 0 Å². The Morgan fingerprint density at radius 3 is 2.52 bits per heavy atom. The maximum absolute atomic E-state index is 12.1. The number of unbranched alkanes of at least 4 members (excludes halogenated alkanes) is 2. The van der Waals surface area contributed by atoms with Crippen LogP contribution in [0, 0.1) is 0 Å². The molecule has 128 valence electrons. The van der Waals surface area contributed by atoms with E-state index in [4.69, 9.17) is 22.1 Å². The SMILES string of the molecule is CCCCCOc1ccc(C(=O)NC(=S)NC(CC)CO)cc1. The number of thiocarbonyl (C=S) groups is 1. The zero-order valence-corrected chi connectivity index (χ0v) is 14.6. The van der Waals surface area contributed by atoms with Crippen molar-refractivity contribution in [2.45, 2.75) is 45.6 Å². The number of aliphatic hydroxyl groups is 1. The lowest BCUT2D eigenvalue weighted by atomic mass is 10.2. The van der Waals surface area contributed by atoms with Gasteiger partial charge < -0.3 is 15.2 Å². The molecule has 3 N–H and O–H groups in total. The van der Waals surface area contributed by atoms with Crippen LogP contribution in [0.5, 0.6) is 5.75 Å². The highest BCUT2D eigenvalue weighted by molar-refractivity contribution is 7.80. The average Bonchev–Trinajstić information content (AvgIpc) is 2.57. The van der Waals surface area contributed by atoms with Crippen LogP contribution in [-0.4, -0.2) is 35.4 Å². The molecule has 1 aromatic rings. The molecule has 0 aliphatic carbocycles. The number of nitrogens with one attached hydrogen (secondary N) is 2. The number of carbonyl (C=O) groups excluding carboxylic acids is 1. The van der Waals surface area contributed by atoms with Crippen LogP contribution in [0.2, 0.25) is 0 Å². The Bertz CT molecular complexity index is 487. The van der Waals surface area contributed by atoms with Gasteiger partial charge in [0.25, 0.3) is 5.91 Å². The Hall–Kier alpha value is -1.66. The van der Waals surface area contributed by atoms with Crippen molar-refractivity contribution in [1.82, 2.24) is 10.6 Å². The summed E-state index contributed by atoms with van der Waals surface area (Å²) in [6.45, 7) is 4.73. The van der Waals surface area contributed by atoms with Crippen LogP contribution in [0.25, 0.3) is 0 Å². The Morgan fingerprint density at radius 1 is 1.26 bits per heavy atom. The molecule has 23 heavy (non-hydrogen) atoms. The van der Waals surface area contributed by atoms with E-state index in [9.17, 15) is 4.79 Å². The molecule has 6 heteroatoms. The molecule has 0 heterocycles. The number of carbonyl (C=O) groups is 1. The molecule has 0 saturated heterocycles. The van der Waals surface area contributed by atoms with Gasteiger partial charge in [-0.2, -0.15) is 0 Å². The quantitative estimate of drug-likeness (QED) is 0.477. The lowest BCUT2D eigenvalue weighted by Crippen LogP contribution is -2.45. The first-order valence-corrected chi connectivity index (χ1v) is 8.47. The average molecular weight is 338 g/mol. The molecule has 1 aromatic carbocycles. The lowest BCUT2D eigenvalue weighted by molar-refractivity contribution is 0.0976. The van der Waals surface area contributed by atoms with Gasteiger partial charge in [-0.15, -0.1) is 0 Å². The van der Waals surface area contributed by atoms with E-state index in [2.05, 4.69) is 17.6 Å². The summed E-state index contributed by atoms with van der Waals surface area (Å²) < 4.78 is 5.61. The molecule has 1 rings (SSSR count). The topological polar surface area (TPSA) is 70.6 Å². The second-order valence-corrected chi connectivity index (χ2v) is 5.70. The second kappa shape index (κ2) is 11.0. The van der Waals surface area contributed by atoms with E-state index in [0.29, 0.717) is 12.2 Å². The third kappa shape index (κ3) is 7.43. The smallest absolute Gasteiger partial charge is 0.257 e. The van der Waals surface area contributed by atoms with Crippen LogP contribution in [0.15, 0.2) is 24.3 Å². The highest BCUT2D eigenvalue weighted by Gasteiger charge is 2.11. The molecule has 1 amide bonds. The van der Waals surface area contributed by atoms with Crippen LogP contribution in [0.1, 0.15) is 49.9 Å². The highest BCUT2D eigenvalue weighted by Crippen LogP contribution is 2.13. The molecule has 1 atom stereocenters. The molecule has 0 radical (unpaired) electrons. The fraction of sp³-hybridized carbons (Fsp3) is 0.529. The standard InChI is InChI=1S/C17H26N2O3S/c1-3-5-6-11-22-15-9-7-13(8-10-15)16(21)19-17(23)18-14(4-2)12-20/h7-10,14,20H,3-6,11-12H2,1-2H3,(H2,18,19,21,23). The fourth-order valence-electron chi connectivity index (χ4n) is 1.92. The summed E-state index contributed by atoms with van der Waals surface area (Å²) in [6.07, 6.45) is 4.06.